The molecular formula is C15H19N3O. The van der Waals surface area contributed by atoms with Crippen molar-refractivity contribution in [2.75, 3.05) is 5.32 Å². The number of aromatic nitrogens is 2. The number of nitrogens with zero attached hydrogens (tertiary/aromatic N) is 2. The van der Waals surface area contributed by atoms with Crippen LogP contribution in [0.5, 0.6) is 0 Å². The van der Waals surface area contributed by atoms with Crippen molar-refractivity contribution in [3.05, 3.63) is 30.2 Å². The van der Waals surface area contributed by atoms with Gasteiger partial charge in [0.15, 0.2) is 0 Å². The molecule has 0 aliphatic heterocycles. The SMILES string of the molecule is Cc1ccc(-c2nnco2)cc1NC1CCCC1C. The van der Waals surface area contributed by atoms with Crippen LogP contribution in [-0.4, -0.2) is 16.2 Å². The Labute approximate surface area is 113 Å². The lowest BCUT2D eigenvalue weighted by Gasteiger charge is -2.20. The second kappa shape index (κ2) is 5.03. The maximum atomic E-state index is 5.26. The van der Waals surface area contributed by atoms with Gasteiger partial charge in [0, 0.05) is 17.3 Å². The van der Waals surface area contributed by atoms with Crippen LogP contribution in [0.4, 0.5) is 5.69 Å². The maximum Gasteiger partial charge on any atom is 0.247 e. The molecule has 1 aliphatic carbocycles. The molecule has 3 rings (SSSR count). The summed E-state index contributed by atoms with van der Waals surface area (Å²) in [6.45, 7) is 4.45. The van der Waals surface area contributed by atoms with Gasteiger partial charge in [-0.25, -0.2) is 0 Å². The maximum absolute atomic E-state index is 5.26. The highest BCUT2D eigenvalue weighted by Crippen LogP contribution is 2.30. The molecule has 0 radical (unpaired) electrons. The van der Waals surface area contributed by atoms with Crippen molar-refractivity contribution in [3.63, 3.8) is 0 Å². The van der Waals surface area contributed by atoms with E-state index in [2.05, 4.69) is 41.5 Å². The predicted octanol–water partition coefficient (Wildman–Crippen LogP) is 3.65. The lowest BCUT2D eigenvalue weighted by Crippen LogP contribution is -2.22. The van der Waals surface area contributed by atoms with Gasteiger partial charge in [-0.3, -0.25) is 0 Å². The molecule has 0 saturated heterocycles. The molecule has 1 heterocycles. The number of aryl methyl sites for hydroxylation is 1. The zero-order chi connectivity index (χ0) is 13.2. The summed E-state index contributed by atoms with van der Waals surface area (Å²) in [5, 5.41) is 11.4. The van der Waals surface area contributed by atoms with E-state index in [0.29, 0.717) is 11.9 Å². The molecule has 100 valence electrons. The van der Waals surface area contributed by atoms with Crippen molar-refractivity contribution in [2.24, 2.45) is 5.92 Å². The molecule has 0 spiro atoms. The van der Waals surface area contributed by atoms with Gasteiger partial charge in [0.05, 0.1) is 0 Å². The fourth-order valence-corrected chi connectivity index (χ4v) is 2.77. The minimum atomic E-state index is 0.572. The second-order valence-corrected chi connectivity index (χ2v) is 5.43. The summed E-state index contributed by atoms with van der Waals surface area (Å²) in [7, 11) is 0. The molecular weight excluding hydrogens is 238 g/mol. The molecule has 2 aromatic rings. The normalized spacial score (nSPS) is 22.6. The number of benzene rings is 1. The van der Waals surface area contributed by atoms with E-state index < -0.39 is 0 Å². The average molecular weight is 257 g/mol. The molecule has 2 atom stereocenters. The molecule has 1 aliphatic rings. The minimum Gasteiger partial charge on any atom is -0.423 e. The lowest BCUT2D eigenvalue weighted by atomic mass is 10.0. The zero-order valence-corrected chi connectivity index (χ0v) is 11.4. The zero-order valence-electron chi connectivity index (χ0n) is 11.4. The van der Waals surface area contributed by atoms with Gasteiger partial charge in [-0.15, -0.1) is 10.2 Å². The van der Waals surface area contributed by atoms with Crippen LogP contribution in [0, 0.1) is 12.8 Å². The van der Waals surface area contributed by atoms with Crippen molar-refractivity contribution < 1.29 is 4.42 Å². The number of anilines is 1. The summed E-state index contributed by atoms with van der Waals surface area (Å²) in [5.41, 5.74) is 3.40. The molecule has 4 heteroatoms. The molecule has 1 N–H and O–H groups in total. The Kier molecular flexibility index (Phi) is 3.23. The molecule has 19 heavy (non-hydrogen) atoms. The van der Waals surface area contributed by atoms with E-state index in [1.54, 1.807) is 0 Å². The average Bonchev–Trinajstić information content (AvgIpc) is 3.05. The standard InChI is InChI=1S/C15H19N3O/c1-10-4-3-5-13(10)17-14-8-12(7-6-11(14)2)15-18-16-9-19-15/h6-10,13,17H,3-5H2,1-2H3. The van der Waals surface area contributed by atoms with Gasteiger partial charge in [-0.2, -0.15) is 0 Å². The fraction of sp³-hybridized carbons (Fsp3) is 0.467. The van der Waals surface area contributed by atoms with Crippen LogP contribution in [0.3, 0.4) is 0 Å². The van der Waals surface area contributed by atoms with Crippen LogP contribution in [0.25, 0.3) is 11.5 Å². The highest BCUT2D eigenvalue weighted by atomic mass is 16.4. The van der Waals surface area contributed by atoms with Crippen molar-refractivity contribution in [1.29, 1.82) is 0 Å². The summed E-state index contributed by atoms with van der Waals surface area (Å²) in [5.74, 6) is 1.31. The molecule has 4 nitrogen and oxygen atoms in total. The summed E-state index contributed by atoms with van der Waals surface area (Å²) < 4.78 is 5.26. The van der Waals surface area contributed by atoms with Gasteiger partial charge >= 0.3 is 0 Å². The smallest absolute Gasteiger partial charge is 0.247 e. The van der Waals surface area contributed by atoms with E-state index in [9.17, 15) is 0 Å². The first kappa shape index (κ1) is 12.2. The summed E-state index contributed by atoms with van der Waals surface area (Å²) >= 11 is 0. The highest BCUT2D eigenvalue weighted by Gasteiger charge is 2.23. The van der Waals surface area contributed by atoms with E-state index >= 15 is 0 Å². The first-order chi connectivity index (χ1) is 9.24. The van der Waals surface area contributed by atoms with Crippen molar-refractivity contribution in [3.8, 4) is 11.5 Å². The number of nitrogens with one attached hydrogen (secondary N) is 1. The molecule has 1 aromatic carbocycles. The van der Waals surface area contributed by atoms with Crippen molar-refractivity contribution in [2.45, 2.75) is 39.2 Å². The molecule has 0 bridgehead atoms. The van der Waals surface area contributed by atoms with Gasteiger partial charge in [0.25, 0.3) is 0 Å². The van der Waals surface area contributed by atoms with Crippen LogP contribution >= 0.6 is 0 Å². The van der Waals surface area contributed by atoms with E-state index in [1.165, 1.54) is 36.9 Å². The predicted molar refractivity (Wildman–Crippen MR) is 74.9 cm³/mol. The second-order valence-electron chi connectivity index (χ2n) is 5.43. The topological polar surface area (TPSA) is 51.0 Å². The highest BCUT2D eigenvalue weighted by molar-refractivity contribution is 5.64. The fourth-order valence-electron chi connectivity index (χ4n) is 2.77. The van der Waals surface area contributed by atoms with Gasteiger partial charge in [-0.05, 0) is 43.4 Å². The van der Waals surface area contributed by atoms with E-state index in [0.717, 1.165) is 11.5 Å². The Morgan fingerprint density at radius 1 is 1.32 bits per heavy atom. The van der Waals surface area contributed by atoms with Crippen LogP contribution in [0.2, 0.25) is 0 Å². The Morgan fingerprint density at radius 2 is 2.21 bits per heavy atom. The molecule has 1 saturated carbocycles. The number of hydrogen-bond donors (Lipinski definition) is 1. The third-order valence-corrected chi connectivity index (χ3v) is 4.05. The van der Waals surface area contributed by atoms with Crippen molar-refractivity contribution in [1.82, 2.24) is 10.2 Å². The quantitative estimate of drug-likeness (QED) is 0.912. The largest absolute Gasteiger partial charge is 0.423 e. The van der Waals surface area contributed by atoms with E-state index in [-0.39, 0.29) is 0 Å². The first-order valence-corrected chi connectivity index (χ1v) is 6.88. The Balaban J connectivity index is 1.86. The molecule has 0 amide bonds. The number of rotatable bonds is 3. The Bertz CT molecular complexity index is 551. The first-order valence-electron chi connectivity index (χ1n) is 6.88. The molecule has 2 unspecified atom stereocenters. The Hall–Kier alpha value is -1.84. The van der Waals surface area contributed by atoms with E-state index in [1.807, 2.05) is 6.07 Å². The third-order valence-electron chi connectivity index (χ3n) is 4.05. The van der Waals surface area contributed by atoms with E-state index in [4.69, 9.17) is 4.42 Å². The molecule has 1 fully saturated rings. The van der Waals surface area contributed by atoms with Gasteiger partial charge in [-0.1, -0.05) is 19.4 Å². The monoisotopic (exact) mass is 257 g/mol. The Morgan fingerprint density at radius 3 is 2.89 bits per heavy atom. The van der Waals surface area contributed by atoms with Crippen LogP contribution in [0.15, 0.2) is 29.0 Å². The summed E-state index contributed by atoms with van der Waals surface area (Å²) in [6.07, 6.45) is 5.26. The summed E-state index contributed by atoms with van der Waals surface area (Å²) in [4.78, 5) is 0. The van der Waals surface area contributed by atoms with Crippen molar-refractivity contribution >= 4 is 5.69 Å². The van der Waals surface area contributed by atoms with Gasteiger partial charge in [0.1, 0.15) is 0 Å². The minimum absolute atomic E-state index is 0.572. The van der Waals surface area contributed by atoms with Gasteiger partial charge in [0.2, 0.25) is 12.3 Å². The third kappa shape index (κ3) is 2.48. The lowest BCUT2D eigenvalue weighted by molar-refractivity contribution is 0.556. The number of hydrogen-bond acceptors (Lipinski definition) is 4. The summed E-state index contributed by atoms with van der Waals surface area (Å²) in [6, 6.07) is 6.80. The van der Waals surface area contributed by atoms with Crippen LogP contribution in [-0.2, 0) is 0 Å². The molecule has 1 aromatic heterocycles. The van der Waals surface area contributed by atoms with Crippen LogP contribution in [0.1, 0.15) is 31.7 Å². The van der Waals surface area contributed by atoms with Gasteiger partial charge < -0.3 is 9.73 Å². The van der Waals surface area contributed by atoms with Crippen LogP contribution < -0.4 is 5.32 Å².